The van der Waals surface area contributed by atoms with Gasteiger partial charge in [0.2, 0.25) is 0 Å². The van der Waals surface area contributed by atoms with Crippen molar-refractivity contribution < 1.29 is 25.8 Å². The molecular formula is C43H42N4OPt. The van der Waals surface area contributed by atoms with E-state index in [0.29, 0.717) is 29.3 Å². The maximum atomic E-state index is 6.41. The maximum absolute atomic E-state index is 6.41. The van der Waals surface area contributed by atoms with Gasteiger partial charge in [0, 0.05) is 35.0 Å². The van der Waals surface area contributed by atoms with Crippen LogP contribution in [0.4, 0.5) is 0 Å². The van der Waals surface area contributed by atoms with E-state index in [4.69, 9.17) is 14.8 Å². The van der Waals surface area contributed by atoms with Crippen LogP contribution < -0.4 is 4.74 Å². The summed E-state index contributed by atoms with van der Waals surface area (Å²) in [5, 5.41) is 7.06. The van der Waals surface area contributed by atoms with Crippen molar-refractivity contribution >= 4 is 21.8 Å². The van der Waals surface area contributed by atoms with E-state index in [2.05, 4.69) is 120 Å². The molecule has 6 heteroatoms. The second-order valence-electron chi connectivity index (χ2n) is 13.9. The first-order valence-corrected chi connectivity index (χ1v) is 17.0. The number of benzene rings is 4. The summed E-state index contributed by atoms with van der Waals surface area (Å²) in [5.41, 5.74) is 10.5. The van der Waals surface area contributed by atoms with Crippen molar-refractivity contribution in [1.29, 1.82) is 0 Å². The van der Waals surface area contributed by atoms with Crippen LogP contribution in [0.3, 0.4) is 0 Å². The second kappa shape index (κ2) is 14.2. The Bertz CT molecular complexity index is 2230. The topological polar surface area (TPSA) is 44.9 Å². The van der Waals surface area contributed by atoms with Gasteiger partial charge >= 0.3 is 21.1 Å². The van der Waals surface area contributed by atoms with Crippen LogP contribution in [-0.2, 0) is 27.5 Å². The summed E-state index contributed by atoms with van der Waals surface area (Å²) in [5.74, 6) is 3.46. The molecule has 49 heavy (non-hydrogen) atoms. The third kappa shape index (κ3) is 6.87. The van der Waals surface area contributed by atoms with Crippen LogP contribution in [0, 0.1) is 25.0 Å². The molecule has 0 unspecified atom stereocenters. The molecule has 0 bridgehead atoms. The van der Waals surface area contributed by atoms with Crippen LogP contribution in [0.1, 0.15) is 75.6 Å². The molecule has 0 atom stereocenters. The summed E-state index contributed by atoms with van der Waals surface area (Å²) < 4.78 is 10.5. The van der Waals surface area contributed by atoms with Gasteiger partial charge in [-0.05, 0) is 88.2 Å². The number of nitrogens with zero attached hydrogens (tertiary/aromatic N) is 4. The first-order chi connectivity index (χ1) is 23.2. The van der Waals surface area contributed by atoms with Crippen LogP contribution >= 0.6 is 0 Å². The van der Waals surface area contributed by atoms with Crippen molar-refractivity contribution in [3.05, 3.63) is 132 Å². The van der Waals surface area contributed by atoms with Crippen LogP contribution in [0.5, 0.6) is 11.5 Å². The normalized spacial score (nSPS) is 11.6. The monoisotopic (exact) mass is 825 g/mol. The Morgan fingerprint density at radius 3 is 2.22 bits per heavy atom. The third-order valence-corrected chi connectivity index (χ3v) is 8.93. The number of aryl methyl sites for hydroxylation is 1. The molecule has 0 amide bonds. The van der Waals surface area contributed by atoms with Crippen molar-refractivity contribution in [2.75, 3.05) is 0 Å². The van der Waals surface area contributed by atoms with Gasteiger partial charge in [-0.25, -0.2) is 4.98 Å². The van der Waals surface area contributed by atoms with E-state index in [9.17, 15) is 0 Å². The van der Waals surface area contributed by atoms with E-state index >= 15 is 0 Å². The fraction of sp³-hybridized carbons (Fsp3) is 0.256. The summed E-state index contributed by atoms with van der Waals surface area (Å²) in [6, 6.07) is 34.3. The maximum Gasteiger partial charge on any atom is 2.00 e. The Kier molecular flexibility index (Phi) is 9.95. The van der Waals surface area contributed by atoms with Crippen molar-refractivity contribution in [3.63, 3.8) is 0 Å². The number of pyridine rings is 1. The molecular weight excluding hydrogens is 784 g/mol. The quantitative estimate of drug-likeness (QED) is 0.136. The van der Waals surface area contributed by atoms with Crippen LogP contribution in [-0.4, -0.2) is 19.3 Å². The first kappa shape index (κ1) is 34.4. The molecule has 0 N–H and O–H groups in total. The summed E-state index contributed by atoms with van der Waals surface area (Å²) >= 11 is 0. The van der Waals surface area contributed by atoms with Gasteiger partial charge in [-0.3, -0.25) is 4.68 Å². The molecule has 0 aliphatic heterocycles. The van der Waals surface area contributed by atoms with Crippen LogP contribution in [0.2, 0.25) is 0 Å². The minimum absolute atomic E-state index is 0. The average Bonchev–Trinajstić information content (AvgIpc) is 3.67. The number of hydrogen-bond donors (Lipinski definition) is 0. The molecule has 3 aromatic heterocycles. The zero-order valence-electron chi connectivity index (χ0n) is 29.2. The van der Waals surface area contributed by atoms with Crippen molar-refractivity contribution in [2.24, 2.45) is 5.92 Å². The molecule has 0 aliphatic carbocycles. The predicted molar refractivity (Wildman–Crippen MR) is 197 cm³/mol. The van der Waals surface area contributed by atoms with E-state index in [1.165, 1.54) is 22.3 Å². The molecule has 4 aromatic carbocycles. The summed E-state index contributed by atoms with van der Waals surface area (Å²) in [6.07, 6.45) is 7.03. The van der Waals surface area contributed by atoms with E-state index in [-0.39, 0.29) is 21.1 Å². The van der Waals surface area contributed by atoms with E-state index in [0.717, 1.165) is 50.9 Å². The van der Waals surface area contributed by atoms with Crippen molar-refractivity contribution in [1.82, 2.24) is 19.3 Å². The molecule has 0 aliphatic rings. The van der Waals surface area contributed by atoms with E-state index in [1.807, 2.05) is 47.4 Å². The van der Waals surface area contributed by atoms with Gasteiger partial charge in [-0.2, -0.15) is 17.2 Å². The van der Waals surface area contributed by atoms with Crippen LogP contribution in [0.15, 0.2) is 97.5 Å². The average molecular weight is 826 g/mol. The minimum Gasteiger partial charge on any atom is -0.509 e. The Hall–Kier alpha value is -4.47. The van der Waals surface area contributed by atoms with Gasteiger partial charge in [0.15, 0.2) is 0 Å². The summed E-state index contributed by atoms with van der Waals surface area (Å²) in [4.78, 5) is 4.70. The Morgan fingerprint density at radius 1 is 0.776 bits per heavy atom. The molecule has 7 rings (SSSR count). The first-order valence-electron chi connectivity index (χ1n) is 17.0. The number of para-hydroxylation sites is 1. The Balaban J connectivity index is 0.00000417. The van der Waals surface area contributed by atoms with Gasteiger partial charge in [0.25, 0.3) is 0 Å². The molecule has 0 saturated heterocycles. The van der Waals surface area contributed by atoms with Crippen molar-refractivity contribution in [3.8, 4) is 34.1 Å². The minimum atomic E-state index is 0. The van der Waals surface area contributed by atoms with Gasteiger partial charge in [0.1, 0.15) is 5.82 Å². The predicted octanol–water partition coefficient (Wildman–Crippen LogP) is 11.2. The molecule has 0 radical (unpaired) electrons. The van der Waals surface area contributed by atoms with Gasteiger partial charge in [-0.1, -0.05) is 77.4 Å². The fourth-order valence-electron chi connectivity index (χ4n) is 6.73. The second-order valence-corrected chi connectivity index (χ2v) is 13.9. The van der Waals surface area contributed by atoms with E-state index in [1.54, 1.807) is 0 Å². The van der Waals surface area contributed by atoms with Gasteiger partial charge in [0.05, 0.1) is 6.20 Å². The van der Waals surface area contributed by atoms with Crippen LogP contribution in [0.25, 0.3) is 44.4 Å². The standard InChI is InChI=1S/C43H42N4O.Pt/c1-27(2)19-31-21-38(28(3)4)43(39(22-31)29(5)6)32-25-45-46(26-32)33-11-10-12-34(23-33)48-35-15-16-37-36-13-8-9-14-40(36)47(41(37)24-35)42-20-30(7)17-18-44-42;/h8-18,20-22,25-29H,19H2,1-7H3;/q-2;+2. The molecule has 0 spiro atoms. The number of ether oxygens (including phenoxy) is 1. The summed E-state index contributed by atoms with van der Waals surface area (Å²) in [6.45, 7) is 15.8. The number of fused-ring (bicyclic) bond motifs is 3. The molecule has 3 heterocycles. The van der Waals surface area contributed by atoms with Gasteiger partial charge < -0.3 is 9.30 Å². The van der Waals surface area contributed by atoms with Crippen molar-refractivity contribution in [2.45, 2.75) is 66.7 Å². The number of hydrogen-bond acceptors (Lipinski definition) is 3. The molecule has 250 valence electrons. The Morgan fingerprint density at radius 2 is 1.51 bits per heavy atom. The zero-order chi connectivity index (χ0) is 33.5. The molecule has 0 fully saturated rings. The zero-order valence-corrected chi connectivity index (χ0v) is 31.5. The largest absolute Gasteiger partial charge is 2.00 e. The fourth-order valence-corrected chi connectivity index (χ4v) is 6.73. The van der Waals surface area contributed by atoms with E-state index < -0.39 is 0 Å². The molecule has 7 aromatic rings. The van der Waals surface area contributed by atoms with Gasteiger partial charge in [-0.15, -0.1) is 35.7 Å². The Labute approximate surface area is 304 Å². The SMILES string of the molecule is Cc1ccnc(-n2c3[c-]c(Oc4[c-]c(-n5cc(-c6c(C(C)C)cc(CC(C)C)cc6C(C)C)cn5)ccc4)ccc3c3ccccc32)c1.[Pt+2]. The smallest absolute Gasteiger partial charge is 0.509 e. The molecule has 0 saturated carbocycles. The number of rotatable bonds is 9. The number of aromatic nitrogens is 4. The third-order valence-electron chi connectivity index (χ3n) is 8.93. The summed E-state index contributed by atoms with van der Waals surface area (Å²) in [7, 11) is 0. The molecule has 5 nitrogen and oxygen atoms in total.